The van der Waals surface area contributed by atoms with Gasteiger partial charge >= 0.3 is 0 Å². The highest BCUT2D eigenvalue weighted by Crippen LogP contribution is 2.53. The molecule has 266 valence electrons. The lowest BCUT2D eigenvalue weighted by molar-refractivity contribution is 0.660. The van der Waals surface area contributed by atoms with Crippen LogP contribution in [-0.2, 0) is 5.41 Å². The number of para-hydroxylation sites is 1. The summed E-state index contributed by atoms with van der Waals surface area (Å²) >= 11 is 0. The summed E-state index contributed by atoms with van der Waals surface area (Å²) in [5, 5.41) is 2.47. The van der Waals surface area contributed by atoms with Gasteiger partial charge in [-0.2, -0.15) is 0 Å². The topological polar surface area (TPSA) is 3.24 Å². The van der Waals surface area contributed by atoms with Crippen LogP contribution < -0.4 is 4.90 Å². The molecule has 9 aromatic carbocycles. The Labute approximate surface area is 329 Å². The van der Waals surface area contributed by atoms with Crippen LogP contribution in [0.1, 0.15) is 25.0 Å². The maximum Gasteiger partial charge on any atom is 0.0546 e. The summed E-state index contributed by atoms with van der Waals surface area (Å²) in [6, 6.07) is 77.8. The fraction of sp³-hybridized carbons (Fsp3) is 0.0545. The number of hydrogen-bond donors (Lipinski definition) is 0. The van der Waals surface area contributed by atoms with Crippen molar-refractivity contribution in [1.82, 2.24) is 0 Å². The van der Waals surface area contributed by atoms with Gasteiger partial charge in [0.1, 0.15) is 0 Å². The van der Waals surface area contributed by atoms with Crippen molar-refractivity contribution in [2.24, 2.45) is 0 Å². The lowest BCUT2D eigenvalue weighted by Gasteiger charge is -2.32. The van der Waals surface area contributed by atoms with Gasteiger partial charge in [-0.3, -0.25) is 0 Å². The summed E-state index contributed by atoms with van der Waals surface area (Å²) < 4.78 is 0. The zero-order chi connectivity index (χ0) is 37.6. The van der Waals surface area contributed by atoms with E-state index in [9.17, 15) is 0 Å². The number of anilines is 3. The number of fused-ring (bicyclic) bond motifs is 4. The van der Waals surface area contributed by atoms with Crippen molar-refractivity contribution in [2.75, 3.05) is 4.90 Å². The summed E-state index contributed by atoms with van der Waals surface area (Å²) in [5.41, 5.74) is 18.1. The van der Waals surface area contributed by atoms with Gasteiger partial charge in [0, 0.05) is 22.2 Å². The summed E-state index contributed by atoms with van der Waals surface area (Å²) in [5.74, 6) is 0. The first-order chi connectivity index (χ1) is 27.6. The monoisotopic (exact) mass is 715 g/mol. The van der Waals surface area contributed by atoms with Crippen molar-refractivity contribution in [2.45, 2.75) is 19.3 Å². The molecule has 0 spiro atoms. The van der Waals surface area contributed by atoms with Crippen LogP contribution in [0.25, 0.3) is 66.4 Å². The maximum absolute atomic E-state index is 2.51. The Morgan fingerprint density at radius 3 is 1.64 bits per heavy atom. The third-order valence-electron chi connectivity index (χ3n) is 11.7. The molecular formula is C55H41N. The summed E-state index contributed by atoms with van der Waals surface area (Å²) in [6.45, 7) is 4.73. The van der Waals surface area contributed by atoms with E-state index in [2.05, 4.69) is 231 Å². The first-order valence-corrected chi connectivity index (χ1v) is 19.5. The van der Waals surface area contributed by atoms with Crippen molar-refractivity contribution >= 4 is 27.8 Å². The van der Waals surface area contributed by atoms with E-state index >= 15 is 0 Å². The van der Waals surface area contributed by atoms with Gasteiger partial charge in [-0.05, 0) is 96.7 Å². The van der Waals surface area contributed by atoms with Gasteiger partial charge in [0.25, 0.3) is 0 Å². The van der Waals surface area contributed by atoms with Crippen LogP contribution in [-0.4, -0.2) is 0 Å². The molecular weight excluding hydrogens is 675 g/mol. The van der Waals surface area contributed by atoms with Crippen LogP contribution in [0.2, 0.25) is 0 Å². The van der Waals surface area contributed by atoms with Gasteiger partial charge in [0.05, 0.1) is 11.4 Å². The number of hydrogen-bond acceptors (Lipinski definition) is 1. The molecule has 0 atom stereocenters. The van der Waals surface area contributed by atoms with E-state index in [1.165, 1.54) is 77.5 Å². The molecule has 0 bridgehead atoms. The predicted octanol–water partition coefficient (Wildman–Crippen LogP) is 15.3. The average molecular weight is 716 g/mol. The standard InChI is InChI=1S/C55H41N/c1-55(2)50-29-15-13-26-47(50)48-35-34-43(37-51(48)55)56(52-30-16-14-25-45(52)39-19-5-3-6-20-39)53-31-17-28-46(40-21-7-4-8-22-40)54(53)49-27-12-11-24-44(49)42-33-32-38-18-9-10-23-41(38)36-42/h3-37H,1-2H3. The molecule has 0 heterocycles. The Bertz CT molecular complexity index is 2880. The van der Waals surface area contributed by atoms with Crippen LogP contribution in [0.3, 0.4) is 0 Å². The molecule has 1 nitrogen and oxygen atoms in total. The Morgan fingerprint density at radius 2 is 0.875 bits per heavy atom. The van der Waals surface area contributed by atoms with Gasteiger partial charge in [0.2, 0.25) is 0 Å². The fourth-order valence-electron chi connectivity index (χ4n) is 8.95. The largest absolute Gasteiger partial charge is 0.309 e. The highest BCUT2D eigenvalue weighted by molar-refractivity contribution is 6.03. The molecule has 0 radical (unpaired) electrons. The second-order valence-corrected chi connectivity index (χ2v) is 15.3. The van der Waals surface area contributed by atoms with Gasteiger partial charge in [-0.25, -0.2) is 0 Å². The number of rotatable bonds is 7. The molecule has 9 aromatic rings. The molecule has 10 rings (SSSR count). The van der Waals surface area contributed by atoms with Gasteiger partial charge < -0.3 is 4.90 Å². The van der Waals surface area contributed by atoms with Crippen LogP contribution in [0, 0.1) is 0 Å². The molecule has 0 N–H and O–H groups in total. The summed E-state index contributed by atoms with van der Waals surface area (Å²) in [6.07, 6.45) is 0. The Hall–Kier alpha value is -6.96. The van der Waals surface area contributed by atoms with Crippen molar-refractivity contribution in [3.63, 3.8) is 0 Å². The zero-order valence-electron chi connectivity index (χ0n) is 31.7. The minimum absolute atomic E-state index is 0.149. The van der Waals surface area contributed by atoms with E-state index < -0.39 is 0 Å². The van der Waals surface area contributed by atoms with E-state index in [4.69, 9.17) is 0 Å². The smallest absolute Gasteiger partial charge is 0.0546 e. The quantitative estimate of drug-likeness (QED) is 0.159. The normalized spacial score (nSPS) is 12.6. The fourth-order valence-corrected chi connectivity index (χ4v) is 8.95. The van der Waals surface area contributed by atoms with Crippen LogP contribution in [0.15, 0.2) is 212 Å². The molecule has 0 unspecified atom stereocenters. The predicted molar refractivity (Wildman–Crippen MR) is 238 cm³/mol. The minimum Gasteiger partial charge on any atom is -0.309 e. The minimum atomic E-state index is -0.149. The van der Waals surface area contributed by atoms with Crippen LogP contribution in [0.4, 0.5) is 17.1 Å². The van der Waals surface area contributed by atoms with E-state index in [1.807, 2.05) is 0 Å². The molecule has 0 fully saturated rings. The Kier molecular flexibility index (Phi) is 8.23. The van der Waals surface area contributed by atoms with Crippen molar-refractivity contribution in [1.29, 1.82) is 0 Å². The molecule has 1 aliphatic carbocycles. The third kappa shape index (κ3) is 5.63. The lowest BCUT2D eigenvalue weighted by atomic mass is 9.82. The van der Waals surface area contributed by atoms with E-state index in [-0.39, 0.29) is 5.41 Å². The molecule has 0 saturated carbocycles. The second kappa shape index (κ2) is 13.7. The molecule has 0 saturated heterocycles. The van der Waals surface area contributed by atoms with Gasteiger partial charge in [0.15, 0.2) is 0 Å². The van der Waals surface area contributed by atoms with E-state index in [0.29, 0.717) is 0 Å². The number of benzene rings is 9. The summed E-state index contributed by atoms with van der Waals surface area (Å²) in [7, 11) is 0. The van der Waals surface area contributed by atoms with Crippen LogP contribution in [0.5, 0.6) is 0 Å². The first kappa shape index (κ1) is 33.6. The molecule has 0 aromatic heterocycles. The van der Waals surface area contributed by atoms with Gasteiger partial charge in [-0.1, -0.05) is 196 Å². The molecule has 1 heteroatoms. The number of nitrogens with zero attached hydrogens (tertiary/aromatic N) is 1. The highest BCUT2D eigenvalue weighted by Gasteiger charge is 2.36. The highest BCUT2D eigenvalue weighted by atomic mass is 15.1. The zero-order valence-corrected chi connectivity index (χ0v) is 31.7. The maximum atomic E-state index is 2.51. The van der Waals surface area contributed by atoms with Crippen molar-refractivity contribution < 1.29 is 0 Å². The van der Waals surface area contributed by atoms with Crippen molar-refractivity contribution in [3.05, 3.63) is 223 Å². The van der Waals surface area contributed by atoms with E-state index in [1.54, 1.807) is 0 Å². The van der Waals surface area contributed by atoms with E-state index in [0.717, 1.165) is 17.1 Å². The SMILES string of the molecule is CC1(C)c2ccccc2-c2ccc(N(c3ccccc3-c3ccccc3)c3cccc(-c4ccccc4)c3-c3ccccc3-c3ccc4ccccc4c3)cc21. The Morgan fingerprint density at radius 1 is 0.321 bits per heavy atom. The molecule has 56 heavy (non-hydrogen) atoms. The second-order valence-electron chi connectivity index (χ2n) is 15.3. The lowest BCUT2D eigenvalue weighted by Crippen LogP contribution is -2.17. The first-order valence-electron chi connectivity index (χ1n) is 19.5. The Balaban J connectivity index is 1.28. The molecule has 0 aliphatic heterocycles. The summed E-state index contributed by atoms with van der Waals surface area (Å²) in [4.78, 5) is 2.51. The molecule has 1 aliphatic rings. The van der Waals surface area contributed by atoms with Crippen LogP contribution >= 0.6 is 0 Å². The van der Waals surface area contributed by atoms with Gasteiger partial charge in [-0.15, -0.1) is 0 Å². The van der Waals surface area contributed by atoms with Crippen molar-refractivity contribution in [3.8, 4) is 55.6 Å². The third-order valence-corrected chi connectivity index (χ3v) is 11.7. The molecule has 0 amide bonds. The average Bonchev–Trinajstić information content (AvgIpc) is 3.49.